The van der Waals surface area contributed by atoms with Crippen LogP contribution in [0.1, 0.15) is 36.8 Å². The van der Waals surface area contributed by atoms with E-state index in [4.69, 9.17) is 16.3 Å². The lowest BCUT2D eigenvalue weighted by Gasteiger charge is -2.30. The van der Waals surface area contributed by atoms with Crippen LogP contribution in [0, 0.1) is 18.3 Å². The fourth-order valence-corrected chi connectivity index (χ4v) is 2.96. The van der Waals surface area contributed by atoms with Crippen molar-refractivity contribution in [2.75, 3.05) is 21.3 Å². The first-order valence-corrected chi connectivity index (χ1v) is 8.11. The molecule has 0 aliphatic rings. The van der Waals surface area contributed by atoms with Gasteiger partial charge in [0.25, 0.3) is 0 Å². The molecule has 1 rings (SSSR count). The smallest absolute Gasteiger partial charge is 0.305 e. The number of hydrogen-bond acceptors (Lipinski definition) is 6. The highest BCUT2D eigenvalue weighted by Gasteiger charge is 2.38. The number of ether oxygens (including phenoxy) is 3. The molecule has 0 N–H and O–H groups in total. The zero-order valence-corrected chi connectivity index (χ0v) is 15.6. The molecule has 0 aliphatic carbocycles. The van der Waals surface area contributed by atoms with Crippen molar-refractivity contribution in [2.24, 2.45) is 0 Å². The summed E-state index contributed by atoms with van der Waals surface area (Å²) in [6.07, 6.45) is 0.399. The maximum Gasteiger partial charge on any atom is 0.305 e. The summed E-state index contributed by atoms with van der Waals surface area (Å²) in [7, 11) is 4.07. The second-order valence-corrected chi connectivity index (χ2v) is 6.00. The predicted octanol–water partition coefficient (Wildman–Crippen LogP) is 3.32. The molecular weight excluding hydrogens is 346 g/mol. The summed E-state index contributed by atoms with van der Waals surface area (Å²) in [5, 5.41) is 10.5. The third kappa shape index (κ3) is 4.86. The van der Waals surface area contributed by atoms with Gasteiger partial charge in [0.1, 0.15) is 5.75 Å². The number of nitrogens with zero attached hydrogens (tertiary/aromatic N) is 1. The number of carbonyl (C=O) groups excluding carboxylic acids is 2. The summed E-state index contributed by atoms with van der Waals surface area (Å²) < 4.78 is 14.8. The lowest BCUT2D eigenvalue weighted by atomic mass is 9.72. The number of hydrogen-bond donors (Lipinski definition) is 0. The molecule has 0 saturated heterocycles. The molecule has 1 aromatic carbocycles. The van der Waals surface area contributed by atoms with Crippen molar-refractivity contribution < 1.29 is 23.8 Å². The molecule has 136 valence electrons. The molecule has 0 saturated carbocycles. The van der Waals surface area contributed by atoms with Crippen molar-refractivity contribution in [2.45, 2.75) is 38.0 Å². The zero-order chi connectivity index (χ0) is 19.0. The van der Waals surface area contributed by atoms with Crippen LogP contribution in [0.4, 0.5) is 0 Å². The molecule has 0 fully saturated rings. The Morgan fingerprint density at radius 1 is 1.12 bits per heavy atom. The minimum atomic E-state index is -1.14. The van der Waals surface area contributed by atoms with E-state index < -0.39 is 17.4 Å². The first-order chi connectivity index (χ1) is 11.8. The van der Waals surface area contributed by atoms with E-state index in [9.17, 15) is 14.9 Å². The van der Waals surface area contributed by atoms with Crippen molar-refractivity contribution in [3.63, 3.8) is 0 Å². The zero-order valence-electron chi connectivity index (χ0n) is 14.8. The Morgan fingerprint density at radius 3 is 2.04 bits per heavy atom. The summed E-state index contributed by atoms with van der Waals surface area (Å²) in [5.41, 5.74) is 0.123. The highest BCUT2D eigenvalue weighted by Crippen LogP contribution is 2.43. The quantitative estimate of drug-likeness (QED) is 0.655. The Morgan fingerprint density at radius 2 is 1.64 bits per heavy atom. The minimum absolute atomic E-state index is 0.0281. The monoisotopic (exact) mass is 367 g/mol. The predicted molar refractivity (Wildman–Crippen MR) is 92.5 cm³/mol. The molecule has 0 radical (unpaired) electrons. The average molecular weight is 368 g/mol. The maximum absolute atomic E-state index is 11.6. The number of rotatable bonds is 8. The third-order valence-electron chi connectivity index (χ3n) is 4.24. The molecule has 0 atom stereocenters. The van der Waals surface area contributed by atoms with Crippen LogP contribution in [0.15, 0.2) is 12.1 Å². The highest BCUT2D eigenvalue weighted by molar-refractivity contribution is 6.31. The van der Waals surface area contributed by atoms with E-state index in [1.807, 2.05) is 0 Å². The summed E-state index contributed by atoms with van der Waals surface area (Å²) >= 11 is 6.24. The largest absolute Gasteiger partial charge is 0.496 e. The van der Waals surface area contributed by atoms with E-state index in [2.05, 4.69) is 15.5 Å². The topological polar surface area (TPSA) is 85.6 Å². The molecule has 0 amide bonds. The molecule has 0 aromatic heterocycles. The first kappa shape index (κ1) is 20.8. The van der Waals surface area contributed by atoms with Gasteiger partial charge in [-0.05, 0) is 37.5 Å². The fraction of sp³-hybridized carbons (Fsp3) is 0.500. The maximum atomic E-state index is 11.6. The summed E-state index contributed by atoms with van der Waals surface area (Å²) in [5.74, 6) is -0.383. The summed E-state index contributed by atoms with van der Waals surface area (Å²) in [4.78, 5) is 23.3. The number of halogens is 1. The molecular formula is C18H22ClNO5. The van der Waals surface area contributed by atoms with Gasteiger partial charge in [-0.15, -0.1) is 0 Å². The van der Waals surface area contributed by atoms with Gasteiger partial charge in [-0.1, -0.05) is 11.6 Å². The van der Waals surface area contributed by atoms with E-state index in [0.29, 0.717) is 21.9 Å². The van der Waals surface area contributed by atoms with Gasteiger partial charge in [0.05, 0.1) is 32.8 Å². The van der Waals surface area contributed by atoms with Crippen LogP contribution >= 0.6 is 11.6 Å². The van der Waals surface area contributed by atoms with Crippen LogP contribution in [0.25, 0.3) is 0 Å². The molecule has 0 aliphatic heterocycles. The Labute approximate surface area is 152 Å². The number of carbonyl (C=O) groups is 2. The molecule has 7 heteroatoms. The lowest BCUT2D eigenvalue weighted by molar-refractivity contribution is -0.141. The average Bonchev–Trinajstić information content (AvgIpc) is 2.64. The summed E-state index contributed by atoms with van der Waals surface area (Å²) in [6.45, 7) is 1.78. The molecule has 1 aromatic rings. The minimum Gasteiger partial charge on any atom is -0.496 e. The van der Waals surface area contributed by atoms with Crippen molar-refractivity contribution in [3.05, 3.63) is 28.3 Å². The van der Waals surface area contributed by atoms with Crippen LogP contribution in [0.5, 0.6) is 5.75 Å². The van der Waals surface area contributed by atoms with Crippen molar-refractivity contribution in [1.82, 2.24) is 0 Å². The van der Waals surface area contributed by atoms with Gasteiger partial charge in [0.15, 0.2) is 0 Å². The molecule has 0 spiro atoms. The van der Waals surface area contributed by atoms with Gasteiger partial charge in [0, 0.05) is 23.4 Å². The SMILES string of the molecule is COC(=O)CCC(C#N)(CCC(=O)OC)c1c(OC)ccc(Cl)c1C. The molecule has 6 nitrogen and oxygen atoms in total. The third-order valence-corrected chi connectivity index (χ3v) is 4.65. The number of methoxy groups -OCH3 is 3. The number of benzene rings is 1. The Hall–Kier alpha value is -2.26. The van der Waals surface area contributed by atoms with Crippen molar-refractivity contribution in [1.29, 1.82) is 5.26 Å². The van der Waals surface area contributed by atoms with Gasteiger partial charge < -0.3 is 14.2 Å². The van der Waals surface area contributed by atoms with Crippen LogP contribution in [0.2, 0.25) is 5.02 Å². The van der Waals surface area contributed by atoms with Gasteiger partial charge >= 0.3 is 11.9 Å². The van der Waals surface area contributed by atoms with E-state index in [1.54, 1.807) is 19.1 Å². The summed E-state index contributed by atoms with van der Waals surface area (Å²) in [6, 6.07) is 5.64. The molecule has 0 unspecified atom stereocenters. The second kappa shape index (κ2) is 9.28. The standard InChI is InChI=1S/C18H22ClNO5/c1-12-13(19)5-6-14(23-2)17(12)18(11-20,9-7-15(21)24-3)10-8-16(22)25-4/h5-6H,7-10H2,1-4H3. The molecule has 25 heavy (non-hydrogen) atoms. The Bertz CT molecular complexity index is 661. The Kier molecular flexibility index (Phi) is 7.72. The molecule has 0 heterocycles. The first-order valence-electron chi connectivity index (χ1n) is 7.73. The van der Waals surface area contributed by atoms with E-state index >= 15 is 0 Å². The van der Waals surface area contributed by atoms with E-state index in [1.165, 1.54) is 21.3 Å². The van der Waals surface area contributed by atoms with Crippen LogP contribution in [-0.4, -0.2) is 33.3 Å². The van der Waals surface area contributed by atoms with E-state index in [-0.39, 0.29) is 25.7 Å². The lowest BCUT2D eigenvalue weighted by Crippen LogP contribution is -2.29. The second-order valence-electron chi connectivity index (χ2n) is 5.60. The van der Waals surface area contributed by atoms with E-state index in [0.717, 1.165) is 0 Å². The molecule has 0 bridgehead atoms. The highest BCUT2D eigenvalue weighted by atomic mass is 35.5. The van der Waals surface area contributed by atoms with Crippen LogP contribution in [-0.2, 0) is 24.5 Å². The normalized spacial score (nSPS) is 10.7. The van der Waals surface area contributed by atoms with Gasteiger partial charge in [-0.3, -0.25) is 9.59 Å². The number of nitriles is 1. The van der Waals surface area contributed by atoms with Gasteiger partial charge in [0.2, 0.25) is 0 Å². The van der Waals surface area contributed by atoms with Crippen molar-refractivity contribution >= 4 is 23.5 Å². The van der Waals surface area contributed by atoms with Crippen LogP contribution in [0.3, 0.4) is 0 Å². The van der Waals surface area contributed by atoms with Gasteiger partial charge in [-0.25, -0.2) is 0 Å². The number of esters is 2. The van der Waals surface area contributed by atoms with Crippen molar-refractivity contribution in [3.8, 4) is 11.8 Å². The van der Waals surface area contributed by atoms with Gasteiger partial charge in [-0.2, -0.15) is 5.26 Å². The Balaban J connectivity index is 3.43. The van der Waals surface area contributed by atoms with Crippen LogP contribution < -0.4 is 4.74 Å². The fourth-order valence-electron chi connectivity index (χ4n) is 2.80.